The number of hydrogen-bond acceptors (Lipinski definition) is 3. The van der Waals surface area contributed by atoms with Gasteiger partial charge in [0.2, 0.25) is 0 Å². The lowest BCUT2D eigenvalue weighted by Crippen LogP contribution is -2.12. The van der Waals surface area contributed by atoms with E-state index in [1.165, 1.54) is 6.07 Å². The van der Waals surface area contributed by atoms with Gasteiger partial charge in [-0.1, -0.05) is 12.1 Å². The van der Waals surface area contributed by atoms with Crippen LogP contribution in [0.25, 0.3) is 0 Å². The second-order valence-corrected chi connectivity index (χ2v) is 5.48. The molecule has 0 bridgehead atoms. The molecule has 1 aromatic heterocycles. The lowest BCUT2D eigenvalue weighted by atomic mass is 10.2. The molecule has 3 nitrogen and oxygen atoms in total. The topological polar surface area (TPSA) is 48.7 Å². The first-order chi connectivity index (χ1) is 9.11. The fourth-order valence-electron chi connectivity index (χ4n) is 1.53. The highest BCUT2D eigenvalue weighted by Gasteiger charge is 2.17. The van der Waals surface area contributed by atoms with E-state index in [2.05, 4.69) is 48.2 Å². The molecule has 0 fully saturated rings. The minimum absolute atomic E-state index is 0.269. The van der Waals surface area contributed by atoms with E-state index in [4.69, 9.17) is 0 Å². The normalized spacial score (nSPS) is 11.7. The summed E-state index contributed by atoms with van der Waals surface area (Å²) in [5.41, 5.74) is 0.777. The average molecular weight is 385 g/mol. The third kappa shape index (κ3) is 3.31. The van der Waals surface area contributed by atoms with E-state index >= 15 is 0 Å². The Labute approximate surface area is 126 Å². The number of halogens is 3. The predicted molar refractivity (Wildman–Crippen MR) is 78.0 cm³/mol. The largest absolute Gasteiger partial charge is 0.363 e. The molecule has 1 unspecified atom stereocenters. The third-order valence-electron chi connectivity index (χ3n) is 2.41. The Morgan fingerprint density at radius 3 is 2.68 bits per heavy atom. The Morgan fingerprint density at radius 1 is 1.32 bits per heavy atom. The van der Waals surface area contributed by atoms with Gasteiger partial charge in [0, 0.05) is 15.1 Å². The van der Waals surface area contributed by atoms with Gasteiger partial charge in [0.15, 0.2) is 6.04 Å². The van der Waals surface area contributed by atoms with Crippen molar-refractivity contribution in [3.05, 3.63) is 57.0 Å². The van der Waals surface area contributed by atoms with Crippen LogP contribution in [0.1, 0.15) is 11.7 Å². The summed E-state index contributed by atoms with van der Waals surface area (Å²) < 4.78 is 15.0. The van der Waals surface area contributed by atoms with Crippen molar-refractivity contribution in [3.63, 3.8) is 0 Å². The van der Waals surface area contributed by atoms with Crippen LogP contribution in [-0.2, 0) is 0 Å². The number of pyridine rings is 1. The molecule has 19 heavy (non-hydrogen) atoms. The number of aromatic nitrogens is 1. The highest BCUT2D eigenvalue weighted by Crippen LogP contribution is 2.27. The molecule has 0 spiro atoms. The molecule has 0 radical (unpaired) electrons. The molecule has 1 atom stereocenters. The van der Waals surface area contributed by atoms with Gasteiger partial charge in [0.25, 0.3) is 0 Å². The van der Waals surface area contributed by atoms with Crippen LogP contribution in [0, 0.1) is 17.1 Å². The second kappa shape index (κ2) is 6.13. The molecule has 1 aromatic carbocycles. The summed E-state index contributed by atoms with van der Waals surface area (Å²) in [6.45, 7) is 0. The number of benzene rings is 1. The molecule has 2 aromatic rings. The van der Waals surface area contributed by atoms with Crippen LogP contribution in [0.15, 0.2) is 45.5 Å². The zero-order valence-electron chi connectivity index (χ0n) is 9.57. The molecule has 1 N–H and O–H groups in total. The summed E-state index contributed by atoms with van der Waals surface area (Å²) >= 11 is 6.63. The first-order valence-electron chi connectivity index (χ1n) is 5.33. The Hall–Kier alpha value is -1.45. The summed E-state index contributed by atoms with van der Waals surface area (Å²) in [6.07, 6.45) is 1.59. The van der Waals surface area contributed by atoms with E-state index in [1.54, 1.807) is 30.5 Å². The fraction of sp³-hybridized carbons (Fsp3) is 0.0769. The monoisotopic (exact) mass is 383 g/mol. The zero-order chi connectivity index (χ0) is 13.8. The number of para-hydroxylation sites is 1. The number of hydrogen-bond donors (Lipinski definition) is 1. The molecular weight excluding hydrogens is 377 g/mol. The van der Waals surface area contributed by atoms with Crippen LogP contribution in [-0.4, -0.2) is 4.98 Å². The summed E-state index contributed by atoms with van der Waals surface area (Å²) in [6, 6.07) is 9.32. The minimum atomic E-state index is -0.737. The van der Waals surface area contributed by atoms with E-state index in [0.29, 0.717) is 10.2 Å². The van der Waals surface area contributed by atoms with Crippen LogP contribution in [0.3, 0.4) is 0 Å². The summed E-state index contributed by atoms with van der Waals surface area (Å²) in [7, 11) is 0. The van der Waals surface area contributed by atoms with E-state index in [1.807, 2.05) is 0 Å². The summed E-state index contributed by atoms with van der Waals surface area (Å²) in [5.74, 6) is -0.406. The van der Waals surface area contributed by atoms with Crippen molar-refractivity contribution in [1.29, 1.82) is 5.26 Å². The van der Waals surface area contributed by atoms with Crippen molar-refractivity contribution < 1.29 is 4.39 Å². The molecule has 0 saturated carbocycles. The molecule has 0 aliphatic heterocycles. The summed E-state index contributed by atoms with van der Waals surface area (Å²) in [4.78, 5) is 4.17. The van der Waals surface area contributed by atoms with Gasteiger partial charge < -0.3 is 5.32 Å². The maximum absolute atomic E-state index is 13.6. The van der Waals surface area contributed by atoms with Gasteiger partial charge in [0.05, 0.1) is 17.5 Å². The number of nitrogens with one attached hydrogen (secondary N) is 1. The smallest absolute Gasteiger partial charge is 0.158 e. The Bertz CT molecular complexity index is 640. The number of anilines is 1. The number of rotatable bonds is 3. The quantitative estimate of drug-likeness (QED) is 0.851. The van der Waals surface area contributed by atoms with Gasteiger partial charge in [-0.2, -0.15) is 5.26 Å². The number of nitrogens with zero attached hydrogens (tertiary/aromatic N) is 2. The lowest BCUT2D eigenvalue weighted by molar-refractivity contribution is 0.628. The number of nitriles is 1. The molecule has 0 amide bonds. The van der Waals surface area contributed by atoms with Gasteiger partial charge in [-0.3, -0.25) is 4.98 Å². The Morgan fingerprint density at radius 2 is 2.05 bits per heavy atom. The van der Waals surface area contributed by atoms with Gasteiger partial charge in [-0.15, -0.1) is 0 Å². The van der Waals surface area contributed by atoms with Crippen LogP contribution in [0.4, 0.5) is 10.1 Å². The van der Waals surface area contributed by atoms with Crippen molar-refractivity contribution >= 4 is 37.5 Å². The van der Waals surface area contributed by atoms with E-state index < -0.39 is 11.9 Å². The van der Waals surface area contributed by atoms with Crippen molar-refractivity contribution in [2.75, 3.05) is 5.32 Å². The minimum Gasteiger partial charge on any atom is -0.363 e. The molecule has 0 aliphatic rings. The van der Waals surface area contributed by atoms with Crippen molar-refractivity contribution in [1.82, 2.24) is 4.98 Å². The molecule has 6 heteroatoms. The first kappa shape index (κ1) is 14.0. The molecule has 2 rings (SSSR count). The maximum atomic E-state index is 13.6. The first-order valence-corrected chi connectivity index (χ1v) is 6.92. The zero-order valence-corrected chi connectivity index (χ0v) is 12.7. The fourth-order valence-corrected chi connectivity index (χ4v) is 2.75. The standard InChI is InChI=1S/C13H8Br2FN3/c14-8-5-9(15)13(18-7-8)12(6-17)19-11-4-2-1-3-10(11)16/h1-5,7,12,19H. The average Bonchev–Trinajstić information content (AvgIpc) is 2.39. The van der Waals surface area contributed by atoms with Crippen LogP contribution in [0.2, 0.25) is 0 Å². The predicted octanol–water partition coefficient (Wildman–Crippen LogP) is 4.42. The van der Waals surface area contributed by atoms with Gasteiger partial charge >= 0.3 is 0 Å². The molecule has 0 saturated heterocycles. The third-order valence-corrected chi connectivity index (χ3v) is 3.48. The Balaban J connectivity index is 2.31. The van der Waals surface area contributed by atoms with Gasteiger partial charge in [-0.05, 0) is 50.1 Å². The summed E-state index contributed by atoms with van der Waals surface area (Å²) in [5, 5.41) is 12.0. The van der Waals surface area contributed by atoms with Gasteiger partial charge in [-0.25, -0.2) is 4.39 Å². The van der Waals surface area contributed by atoms with Crippen molar-refractivity contribution in [3.8, 4) is 6.07 Å². The van der Waals surface area contributed by atoms with Gasteiger partial charge in [0.1, 0.15) is 5.82 Å². The Kier molecular flexibility index (Phi) is 4.51. The molecular formula is C13H8Br2FN3. The van der Waals surface area contributed by atoms with Crippen LogP contribution < -0.4 is 5.32 Å². The van der Waals surface area contributed by atoms with E-state index in [0.717, 1.165) is 4.47 Å². The molecule has 1 heterocycles. The van der Waals surface area contributed by atoms with Crippen LogP contribution >= 0.6 is 31.9 Å². The highest BCUT2D eigenvalue weighted by molar-refractivity contribution is 9.11. The van der Waals surface area contributed by atoms with E-state index in [-0.39, 0.29) is 5.69 Å². The molecule has 0 aliphatic carbocycles. The second-order valence-electron chi connectivity index (χ2n) is 3.71. The lowest BCUT2D eigenvalue weighted by Gasteiger charge is -2.14. The van der Waals surface area contributed by atoms with Crippen LogP contribution in [0.5, 0.6) is 0 Å². The highest BCUT2D eigenvalue weighted by atomic mass is 79.9. The molecule has 96 valence electrons. The van der Waals surface area contributed by atoms with Crippen molar-refractivity contribution in [2.24, 2.45) is 0 Å². The van der Waals surface area contributed by atoms with Crippen molar-refractivity contribution in [2.45, 2.75) is 6.04 Å². The SMILES string of the molecule is N#CC(Nc1ccccc1F)c1ncc(Br)cc1Br. The van der Waals surface area contributed by atoms with E-state index in [9.17, 15) is 9.65 Å². The maximum Gasteiger partial charge on any atom is 0.158 e.